The summed E-state index contributed by atoms with van der Waals surface area (Å²) in [7, 11) is 0. The van der Waals surface area contributed by atoms with Crippen molar-refractivity contribution in [2.75, 3.05) is 24.5 Å². The molecule has 2 heterocycles. The van der Waals surface area contributed by atoms with Gasteiger partial charge in [-0.3, -0.25) is 9.59 Å². The maximum absolute atomic E-state index is 13.0. The Kier molecular flexibility index (Phi) is 6.03. The maximum Gasteiger partial charge on any atom is 0.416 e. The Balaban J connectivity index is 1.36. The van der Waals surface area contributed by atoms with Crippen LogP contribution in [0.2, 0.25) is 0 Å². The van der Waals surface area contributed by atoms with Crippen molar-refractivity contribution >= 4 is 17.5 Å². The van der Waals surface area contributed by atoms with E-state index in [1.165, 1.54) is 22.6 Å². The van der Waals surface area contributed by atoms with Crippen molar-refractivity contribution < 1.29 is 22.8 Å². The van der Waals surface area contributed by atoms with E-state index >= 15 is 0 Å². The minimum absolute atomic E-state index is 0.191. The number of carbonyl (C=O) groups excluding carboxylic acids is 2. The third kappa shape index (κ3) is 4.75. The van der Waals surface area contributed by atoms with Crippen LogP contribution >= 0.6 is 0 Å². The van der Waals surface area contributed by atoms with Gasteiger partial charge in [0.1, 0.15) is 5.92 Å². The molecule has 0 radical (unpaired) electrons. The van der Waals surface area contributed by atoms with E-state index in [1.807, 2.05) is 18.2 Å². The van der Waals surface area contributed by atoms with Gasteiger partial charge in [0.15, 0.2) is 0 Å². The number of halogens is 3. The number of carbonyl (C=O) groups is 2. The Labute approximate surface area is 179 Å². The number of alkyl halides is 3. The smallest absolute Gasteiger partial charge is 0.342 e. The molecule has 2 aliphatic rings. The molecule has 0 N–H and O–H groups in total. The predicted molar refractivity (Wildman–Crippen MR) is 111 cm³/mol. The molecule has 31 heavy (non-hydrogen) atoms. The fraction of sp³-hybridized carbons (Fsp3) is 0.417. The fourth-order valence-electron chi connectivity index (χ4n) is 4.54. The molecule has 1 unspecified atom stereocenters. The highest BCUT2D eigenvalue weighted by Gasteiger charge is 2.41. The molecule has 4 rings (SSSR count). The molecule has 2 aliphatic heterocycles. The summed E-state index contributed by atoms with van der Waals surface area (Å²) < 4.78 is 39.0. The topological polar surface area (TPSA) is 40.6 Å². The van der Waals surface area contributed by atoms with Crippen LogP contribution in [0, 0.1) is 11.8 Å². The Bertz CT molecular complexity index is 937. The van der Waals surface area contributed by atoms with Crippen LogP contribution in [0.1, 0.15) is 30.4 Å². The van der Waals surface area contributed by atoms with Crippen molar-refractivity contribution in [1.29, 1.82) is 0 Å². The van der Waals surface area contributed by atoms with E-state index in [9.17, 15) is 22.8 Å². The molecule has 1 atom stereocenters. The van der Waals surface area contributed by atoms with Crippen molar-refractivity contribution in [2.45, 2.75) is 31.9 Å². The van der Waals surface area contributed by atoms with Gasteiger partial charge in [-0.25, -0.2) is 0 Å². The second-order valence-corrected chi connectivity index (χ2v) is 8.34. The second-order valence-electron chi connectivity index (χ2n) is 8.34. The van der Waals surface area contributed by atoms with Gasteiger partial charge in [-0.15, -0.1) is 0 Å². The van der Waals surface area contributed by atoms with Crippen molar-refractivity contribution in [3.05, 3.63) is 65.7 Å². The Hall–Kier alpha value is -2.83. The first kappa shape index (κ1) is 21.4. The Morgan fingerprint density at radius 2 is 1.65 bits per heavy atom. The molecule has 0 saturated carbocycles. The fourth-order valence-corrected chi connectivity index (χ4v) is 4.54. The number of piperidine rings is 1. The lowest BCUT2D eigenvalue weighted by Gasteiger charge is -2.33. The molecule has 2 aromatic rings. The molecular weight excluding hydrogens is 405 g/mol. The summed E-state index contributed by atoms with van der Waals surface area (Å²) in [5, 5.41) is 0. The van der Waals surface area contributed by atoms with E-state index < -0.39 is 23.6 Å². The summed E-state index contributed by atoms with van der Waals surface area (Å²) in [6.45, 7) is 1.48. The molecule has 7 heteroatoms. The first-order valence-electron chi connectivity index (χ1n) is 10.6. The molecule has 2 aromatic carbocycles. The SMILES string of the molecule is O=C(C1CCN(c2cccc(C(F)(F)F)c2)C1=O)N1CCC(Cc2ccccc2)CC1. The van der Waals surface area contributed by atoms with E-state index in [0.29, 0.717) is 25.4 Å². The zero-order chi connectivity index (χ0) is 22.0. The highest BCUT2D eigenvalue weighted by atomic mass is 19.4. The predicted octanol–water partition coefficient (Wildman–Crippen LogP) is 4.54. The van der Waals surface area contributed by atoms with Gasteiger partial charge in [-0.1, -0.05) is 36.4 Å². The summed E-state index contributed by atoms with van der Waals surface area (Å²) in [6, 6.07) is 15.0. The van der Waals surface area contributed by atoms with E-state index in [0.717, 1.165) is 31.4 Å². The van der Waals surface area contributed by atoms with Gasteiger partial charge in [0.05, 0.1) is 5.56 Å². The van der Waals surface area contributed by atoms with Crippen LogP contribution in [0.15, 0.2) is 54.6 Å². The lowest BCUT2D eigenvalue weighted by molar-refractivity contribution is -0.141. The zero-order valence-corrected chi connectivity index (χ0v) is 17.1. The van der Waals surface area contributed by atoms with Crippen LogP contribution in [-0.2, 0) is 22.2 Å². The summed E-state index contributed by atoms with van der Waals surface area (Å²) in [6.07, 6.45) is -1.39. The molecule has 0 spiro atoms. The van der Waals surface area contributed by atoms with Crippen LogP contribution in [0.3, 0.4) is 0 Å². The molecule has 4 nitrogen and oxygen atoms in total. The standard InChI is InChI=1S/C24H25F3N2O2/c25-24(26,27)19-7-4-8-20(16-19)29-14-11-21(23(29)31)22(30)28-12-9-18(10-13-28)15-17-5-2-1-3-6-17/h1-8,16,18,21H,9-15H2. The van der Waals surface area contributed by atoms with E-state index in [2.05, 4.69) is 12.1 Å². The number of benzene rings is 2. The number of amides is 2. The average molecular weight is 430 g/mol. The van der Waals surface area contributed by atoms with Gasteiger partial charge in [-0.05, 0) is 55.4 Å². The van der Waals surface area contributed by atoms with Crippen molar-refractivity contribution in [1.82, 2.24) is 4.90 Å². The van der Waals surface area contributed by atoms with Crippen molar-refractivity contribution in [3.63, 3.8) is 0 Å². The summed E-state index contributed by atoms with van der Waals surface area (Å²) >= 11 is 0. The molecule has 2 fully saturated rings. The maximum atomic E-state index is 13.0. The van der Waals surface area contributed by atoms with E-state index in [4.69, 9.17) is 0 Å². The molecular formula is C24H25F3N2O2. The largest absolute Gasteiger partial charge is 0.416 e. The zero-order valence-electron chi connectivity index (χ0n) is 17.1. The Morgan fingerprint density at radius 3 is 2.32 bits per heavy atom. The molecule has 164 valence electrons. The average Bonchev–Trinajstić information content (AvgIpc) is 3.15. The minimum atomic E-state index is -4.47. The minimum Gasteiger partial charge on any atom is -0.342 e. The van der Waals surface area contributed by atoms with Crippen LogP contribution in [0.5, 0.6) is 0 Å². The van der Waals surface area contributed by atoms with Gasteiger partial charge in [0, 0.05) is 25.3 Å². The van der Waals surface area contributed by atoms with Gasteiger partial charge in [0.25, 0.3) is 0 Å². The number of hydrogen-bond donors (Lipinski definition) is 0. The molecule has 0 aliphatic carbocycles. The van der Waals surface area contributed by atoms with Crippen molar-refractivity contribution in [2.24, 2.45) is 11.8 Å². The summed E-state index contributed by atoms with van der Waals surface area (Å²) in [5.74, 6) is -0.902. The van der Waals surface area contributed by atoms with Gasteiger partial charge >= 0.3 is 6.18 Å². The van der Waals surface area contributed by atoms with Crippen LogP contribution in [0.25, 0.3) is 0 Å². The van der Waals surface area contributed by atoms with Gasteiger partial charge < -0.3 is 9.80 Å². The normalized spacial score (nSPS) is 20.4. The van der Waals surface area contributed by atoms with E-state index in [1.54, 1.807) is 4.90 Å². The number of nitrogens with zero attached hydrogens (tertiary/aromatic N) is 2. The molecule has 2 amide bonds. The number of hydrogen-bond acceptors (Lipinski definition) is 2. The lowest BCUT2D eigenvalue weighted by atomic mass is 9.89. The van der Waals surface area contributed by atoms with E-state index in [-0.39, 0.29) is 18.1 Å². The van der Waals surface area contributed by atoms with Crippen molar-refractivity contribution in [3.8, 4) is 0 Å². The van der Waals surface area contributed by atoms with Gasteiger partial charge in [-0.2, -0.15) is 13.2 Å². The lowest BCUT2D eigenvalue weighted by Crippen LogP contribution is -2.44. The Morgan fingerprint density at radius 1 is 0.935 bits per heavy atom. The summed E-state index contributed by atoms with van der Waals surface area (Å²) in [5.41, 5.74) is 0.680. The number of anilines is 1. The van der Waals surface area contributed by atoms with Crippen LogP contribution < -0.4 is 4.90 Å². The number of likely N-dealkylation sites (tertiary alicyclic amines) is 1. The van der Waals surface area contributed by atoms with Crippen LogP contribution in [0.4, 0.5) is 18.9 Å². The first-order valence-corrected chi connectivity index (χ1v) is 10.6. The molecule has 2 saturated heterocycles. The quantitative estimate of drug-likeness (QED) is 0.669. The monoisotopic (exact) mass is 430 g/mol. The second kappa shape index (κ2) is 8.73. The third-order valence-electron chi connectivity index (χ3n) is 6.28. The van der Waals surface area contributed by atoms with Crippen LogP contribution in [-0.4, -0.2) is 36.3 Å². The summed E-state index contributed by atoms with van der Waals surface area (Å²) in [4.78, 5) is 28.9. The molecule has 0 bridgehead atoms. The highest BCUT2D eigenvalue weighted by Crippen LogP contribution is 2.34. The highest BCUT2D eigenvalue weighted by molar-refractivity contribution is 6.09. The third-order valence-corrected chi connectivity index (χ3v) is 6.28. The number of rotatable bonds is 4. The first-order chi connectivity index (χ1) is 14.8. The molecule has 0 aromatic heterocycles. The van der Waals surface area contributed by atoms with Gasteiger partial charge in [0.2, 0.25) is 11.8 Å².